The van der Waals surface area contributed by atoms with Crippen molar-refractivity contribution < 1.29 is 0 Å². The van der Waals surface area contributed by atoms with Gasteiger partial charge in [0.1, 0.15) is 0 Å². The van der Waals surface area contributed by atoms with Gasteiger partial charge in [0.05, 0.1) is 0 Å². The molecule has 0 saturated heterocycles. The fourth-order valence-electron chi connectivity index (χ4n) is 0.136. The van der Waals surface area contributed by atoms with Crippen LogP contribution < -0.4 is 0 Å². The highest BCUT2D eigenvalue weighted by Crippen LogP contribution is 1.64. The molecule has 0 bridgehead atoms. The van der Waals surface area contributed by atoms with Crippen LogP contribution in [0.15, 0.2) is 50.1 Å². The molecule has 0 aromatic heterocycles. The molecule has 0 heterocycles. The molecular weight excluding hydrogens is 108 g/mol. The lowest BCUT2D eigenvalue weighted by Gasteiger charge is -1.56. The Hall–Kier alpha value is -1.04. The van der Waals surface area contributed by atoms with E-state index in [9.17, 15) is 0 Å². The van der Waals surface area contributed by atoms with Gasteiger partial charge in [0.2, 0.25) is 0 Å². The summed E-state index contributed by atoms with van der Waals surface area (Å²) in [6, 6.07) is 0. The smallest absolute Gasteiger partial charge is 0.0467 e. The number of hydrogen-bond acceptors (Lipinski definition) is 0. The molecule has 0 heteroatoms. The number of rotatable bonds is 2. The molecule has 0 aromatic rings. The lowest BCUT2D eigenvalue weighted by molar-refractivity contribution is 1.74. The molecule has 0 amide bonds. The summed E-state index contributed by atoms with van der Waals surface area (Å²) < 4.78 is 0. The summed E-state index contributed by atoms with van der Waals surface area (Å²) >= 11 is 0. The summed E-state index contributed by atoms with van der Waals surface area (Å²) in [5, 5.41) is 0. The molecular formula is C9H14. The minimum atomic E-state index is 1.64. The summed E-state index contributed by atoms with van der Waals surface area (Å²) in [6.07, 6.45) is 8.85. The van der Waals surface area contributed by atoms with Crippen LogP contribution in [0.25, 0.3) is 0 Å². The summed E-state index contributed by atoms with van der Waals surface area (Å²) in [4.78, 5) is 0. The third kappa shape index (κ3) is 44.6. The standard InChI is InChI=1S/C5H8.C4H6/c1-3-5-4-2;1-3-4-2/h3-5H,1H2,2H3;3-4H,1-2H2/b5-4+;. The highest BCUT2D eigenvalue weighted by molar-refractivity contribution is 4.94. The van der Waals surface area contributed by atoms with E-state index in [1.807, 2.05) is 19.1 Å². The van der Waals surface area contributed by atoms with Gasteiger partial charge in [0.25, 0.3) is 0 Å². The molecule has 0 saturated carbocycles. The Morgan fingerprint density at radius 1 is 0.889 bits per heavy atom. The van der Waals surface area contributed by atoms with Crippen molar-refractivity contribution in [3.63, 3.8) is 0 Å². The van der Waals surface area contributed by atoms with E-state index in [1.165, 1.54) is 0 Å². The first-order chi connectivity index (χ1) is 4.33. The molecule has 0 aromatic carbocycles. The van der Waals surface area contributed by atoms with Crippen molar-refractivity contribution in [1.29, 1.82) is 0 Å². The Morgan fingerprint density at radius 3 is 1.33 bits per heavy atom. The Morgan fingerprint density at radius 2 is 1.33 bits per heavy atom. The molecule has 0 spiro atoms. The fraction of sp³-hybridized carbons (Fsp3) is 0.111. The van der Waals surface area contributed by atoms with Crippen LogP contribution in [0.3, 0.4) is 0 Å². The minimum absolute atomic E-state index is 1.64. The van der Waals surface area contributed by atoms with Gasteiger partial charge in [0, 0.05) is 0 Å². The molecule has 0 atom stereocenters. The number of allylic oxidation sites excluding steroid dienone is 5. The zero-order valence-corrected chi connectivity index (χ0v) is 6.01. The van der Waals surface area contributed by atoms with Crippen LogP contribution in [0.5, 0.6) is 0 Å². The van der Waals surface area contributed by atoms with Crippen LogP contribution in [0.1, 0.15) is 6.92 Å². The second-order valence-corrected chi connectivity index (χ2v) is 1.23. The van der Waals surface area contributed by atoms with Crippen LogP contribution in [0, 0.1) is 0 Å². The Bertz CT molecular complexity index is 90.6. The predicted octanol–water partition coefficient (Wildman–Crippen LogP) is 3.11. The predicted molar refractivity (Wildman–Crippen MR) is 45.4 cm³/mol. The van der Waals surface area contributed by atoms with Crippen LogP contribution >= 0.6 is 0 Å². The first kappa shape index (κ1) is 10.9. The first-order valence-corrected chi connectivity index (χ1v) is 2.80. The average Bonchev–Trinajstić information content (AvgIpc) is 1.91. The Kier molecular flexibility index (Phi) is 19.0. The van der Waals surface area contributed by atoms with Gasteiger partial charge in [-0.15, -0.1) is 0 Å². The maximum Gasteiger partial charge on any atom is -0.0467 e. The average molecular weight is 122 g/mol. The minimum Gasteiger partial charge on any atom is -0.0991 e. The quantitative estimate of drug-likeness (QED) is 0.494. The third-order valence-electron chi connectivity index (χ3n) is 0.495. The van der Waals surface area contributed by atoms with Crippen molar-refractivity contribution in [2.75, 3.05) is 0 Å². The van der Waals surface area contributed by atoms with Gasteiger partial charge in [0.15, 0.2) is 0 Å². The molecule has 0 unspecified atom stereocenters. The molecule has 0 nitrogen and oxygen atoms in total. The summed E-state index contributed by atoms with van der Waals surface area (Å²) in [5.74, 6) is 0. The van der Waals surface area contributed by atoms with Gasteiger partial charge < -0.3 is 0 Å². The van der Waals surface area contributed by atoms with Gasteiger partial charge in [-0.1, -0.05) is 50.1 Å². The molecule has 0 radical (unpaired) electrons. The van der Waals surface area contributed by atoms with Crippen LogP contribution in [0.4, 0.5) is 0 Å². The van der Waals surface area contributed by atoms with Crippen molar-refractivity contribution in [2.45, 2.75) is 6.92 Å². The zero-order valence-electron chi connectivity index (χ0n) is 6.01. The van der Waals surface area contributed by atoms with Gasteiger partial charge in [-0.05, 0) is 6.92 Å². The van der Waals surface area contributed by atoms with Crippen molar-refractivity contribution >= 4 is 0 Å². The van der Waals surface area contributed by atoms with E-state index < -0.39 is 0 Å². The highest BCUT2D eigenvalue weighted by atomic mass is 13.5. The normalized spacial score (nSPS) is 7.22. The SMILES string of the molecule is C=C/C=C/C.C=CC=C. The van der Waals surface area contributed by atoms with Crippen molar-refractivity contribution in [3.8, 4) is 0 Å². The molecule has 0 rings (SSSR count). The topological polar surface area (TPSA) is 0 Å². The third-order valence-corrected chi connectivity index (χ3v) is 0.495. The second kappa shape index (κ2) is 15.8. The lowest BCUT2D eigenvalue weighted by Crippen LogP contribution is -1.33. The van der Waals surface area contributed by atoms with Crippen LogP contribution in [-0.2, 0) is 0 Å². The zero-order chi connectivity index (χ0) is 7.54. The van der Waals surface area contributed by atoms with Gasteiger partial charge in [-0.25, -0.2) is 0 Å². The van der Waals surface area contributed by atoms with E-state index in [0.29, 0.717) is 0 Å². The molecule has 9 heavy (non-hydrogen) atoms. The number of hydrogen-bond donors (Lipinski definition) is 0. The fourth-order valence-corrected chi connectivity index (χ4v) is 0.136. The maximum absolute atomic E-state index is 3.46. The van der Waals surface area contributed by atoms with E-state index in [4.69, 9.17) is 0 Å². The van der Waals surface area contributed by atoms with E-state index in [-0.39, 0.29) is 0 Å². The van der Waals surface area contributed by atoms with Crippen molar-refractivity contribution in [2.24, 2.45) is 0 Å². The van der Waals surface area contributed by atoms with E-state index >= 15 is 0 Å². The Labute approximate surface area is 57.9 Å². The Balaban J connectivity index is 0. The molecule has 0 fully saturated rings. The maximum atomic E-state index is 3.46. The first-order valence-electron chi connectivity index (χ1n) is 2.80. The largest absolute Gasteiger partial charge is 0.0991 e. The van der Waals surface area contributed by atoms with E-state index in [1.54, 1.807) is 18.2 Å². The summed E-state index contributed by atoms with van der Waals surface area (Å²) in [7, 11) is 0. The molecule has 0 N–H and O–H groups in total. The van der Waals surface area contributed by atoms with Gasteiger partial charge >= 0.3 is 0 Å². The molecule has 50 valence electrons. The molecule has 0 aliphatic carbocycles. The monoisotopic (exact) mass is 122 g/mol. The van der Waals surface area contributed by atoms with Crippen LogP contribution in [-0.4, -0.2) is 0 Å². The summed E-state index contributed by atoms with van der Waals surface area (Å²) in [6.45, 7) is 12.1. The molecule has 0 aliphatic rings. The van der Waals surface area contributed by atoms with Gasteiger partial charge in [-0.2, -0.15) is 0 Å². The van der Waals surface area contributed by atoms with Crippen molar-refractivity contribution in [1.82, 2.24) is 0 Å². The highest BCUT2D eigenvalue weighted by Gasteiger charge is 1.42. The summed E-state index contributed by atoms with van der Waals surface area (Å²) in [5.41, 5.74) is 0. The van der Waals surface area contributed by atoms with E-state index in [0.717, 1.165) is 0 Å². The molecule has 0 aliphatic heterocycles. The van der Waals surface area contributed by atoms with Gasteiger partial charge in [-0.3, -0.25) is 0 Å². The van der Waals surface area contributed by atoms with E-state index in [2.05, 4.69) is 19.7 Å². The van der Waals surface area contributed by atoms with Crippen molar-refractivity contribution in [3.05, 3.63) is 50.1 Å². The second-order valence-electron chi connectivity index (χ2n) is 1.23. The van der Waals surface area contributed by atoms with Crippen LogP contribution in [0.2, 0.25) is 0 Å². The lowest BCUT2D eigenvalue weighted by atomic mass is 10.5.